The molecule has 0 spiro atoms. The summed E-state index contributed by atoms with van der Waals surface area (Å²) in [4.78, 5) is 14.3. The number of hydrogen-bond donors (Lipinski definition) is 2. The molecule has 2 N–H and O–H groups in total. The fraction of sp³-hybridized carbons (Fsp3) is 0.917. The van der Waals surface area contributed by atoms with Crippen molar-refractivity contribution in [2.75, 3.05) is 33.2 Å². The quantitative estimate of drug-likeness (QED) is 0.705. The molecule has 2 fully saturated rings. The van der Waals surface area contributed by atoms with E-state index in [0.717, 1.165) is 51.9 Å². The maximum atomic E-state index is 12.0. The first kappa shape index (κ1) is 11.9. The topological polar surface area (TPSA) is 44.4 Å². The van der Waals surface area contributed by atoms with Gasteiger partial charge in [-0.25, -0.2) is 0 Å². The van der Waals surface area contributed by atoms with Crippen molar-refractivity contribution in [1.82, 2.24) is 15.5 Å². The lowest BCUT2D eigenvalue weighted by atomic mass is 9.96. The number of amides is 1. The molecule has 16 heavy (non-hydrogen) atoms. The molecule has 0 atom stereocenters. The fourth-order valence-electron chi connectivity index (χ4n) is 2.56. The van der Waals surface area contributed by atoms with Gasteiger partial charge in [0, 0.05) is 12.0 Å². The van der Waals surface area contributed by atoms with E-state index in [-0.39, 0.29) is 11.8 Å². The predicted octanol–water partition coefficient (Wildman–Crippen LogP) is 0.196. The standard InChI is InChI=1S/C12H23N3O/c1-15-8-4-11(5-9-15)14-12(16)10-2-6-13-7-3-10/h10-11,13H,2-9H2,1H3,(H,14,16). The maximum Gasteiger partial charge on any atom is 0.223 e. The molecule has 0 aromatic rings. The number of rotatable bonds is 2. The number of likely N-dealkylation sites (tertiary alicyclic amines) is 1. The second-order valence-corrected chi connectivity index (χ2v) is 5.11. The summed E-state index contributed by atoms with van der Waals surface area (Å²) in [5.41, 5.74) is 0. The number of nitrogens with zero attached hydrogens (tertiary/aromatic N) is 1. The van der Waals surface area contributed by atoms with Crippen molar-refractivity contribution in [3.8, 4) is 0 Å². The van der Waals surface area contributed by atoms with E-state index in [2.05, 4.69) is 22.6 Å². The van der Waals surface area contributed by atoms with Crippen LogP contribution in [0.25, 0.3) is 0 Å². The molecule has 92 valence electrons. The van der Waals surface area contributed by atoms with E-state index < -0.39 is 0 Å². The van der Waals surface area contributed by atoms with Crippen LogP contribution in [0.5, 0.6) is 0 Å². The molecule has 0 unspecified atom stereocenters. The molecule has 0 saturated carbocycles. The first-order valence-corrected chi connectivity index (χ1v) is 6.45. The summed E-state index contributed by atoms with van der Waals surface area (Å²) in [6.45, 7) is 4.20. The normalized spacial score (nSPS) is 25.6. The van der Waals surface area contributed by atoms with Crippen LogP contribution in [0.1, 0.15) is 25.7 Å². The Morgan fingerprint density at radius 2 is 1.81 bits per heavy atom. The second kappa shape index (κ2) is 5.64. The fourth-order valence-corrected chi connectivity index (χ4v) is 2.56. The molecule has 4 nitrogen and oxygen atoms in total. The number of carbonyl (C=O) groups excluding carboxylic acids is 1. The smallest absolute Gasteiger partial charge is 0.223 e. The van der Waals surface area contributed by atoms with E-state index in [0.29, 0.717) is 6.04 Å². The molecule has 0 bridgehead atoms. The Bertz CT molecular complexity index is 230. The van der Waals surface area contributed by atoms with Gasteiger partial charge in [-0.2, -0.15) is 0 Å². The zero-order valence-corrected chi connectivity index (χ0v) is 10.2. The SMILES string of the molecule is CN1CCC(NC(=O)C2CCNCC2)CC1. The summed E-state index contributed by atoms with van der Waals surface area (Å²) in [7, 11) is 2.14. The van der Waals surface area contributed by atoms with E-state index >= 15 is 0 Å². The molecule has 0 radical (unpaired) electrons. The van der Waals surface area contributed by atoms with Crippen LogP contribution in [0.3, 0.4) is 0 Å². The highest BCUT2D eigenvalue weighted by molar-refractivity contribution is 5.79. The molecule has 0 aromatic carbocycles. The third-order valence-corrected chi connectivity index (χ3v) is 3.77. The summed E-state index contributed by atoms with van der Waals surface area (Å²) >= 11 is 0. The Kier molecular flexibility index (Phi) is 4.18. The van der Waals surface area contributed by atoms with E-state index in [9.17, 15) is 4.79 Å². The largest absolute Gasteiger partial charge is 0.353 e. The highest BCUT2D eigenvalue weighted by atomic mass is 16.1. The molecule has 4 heteroatoms. The van der Waals surface area contributed by atoms with Crippen LogP contribution >= 0.6 is 0 Å². The number of piperidine rings is 2. The van der Waals surface area contributed by atoms with E-state index in [1.807, 2.05) is 0 Å². The molecule has 2 heterocycles. The van der Waals surface area contributed by atoms with Crippen LogP contribution in [0.4, 0.5) is 0 Å². The first-order valence-electron chi connectivity index (χ1n) is 6.45. The number of hydrogen-bond acceptors (Lipinski definition) is 3. The minimum atomic E-state index is 0.251. The predicted molar refractivity (Wildman–Crippen MR) is 64.3 cm³/mol. The number of carbonyl (C=O) groups is 1. The van der Waals surface area contributed by atoms with Gasteiger partial charge in [0.05, 0.1) is 0 Å². The number of nitrogens with one attached hydrogen (secondary N) is 2. The van der Waals surface area contributed by atoms with E-state index in [4.69, 9.17) is 0 Å². The van der Waals surface area contributed by atoms with Gasteiger partial charge in [-0.1, -0.05) is 0 Å². The molecule has 0 aliphatic carbocycles. The van der Waals surface area contributed by atoms with Crippen LogP contribution in [-0.2, 0) is 4.79 Å². The second-order valence-electron chi connectivity index (χ2n) is 5.11. The van der Waals surface area contributed by atoms with Gasteiger partial charge in [0.1, 0.15) is 0 Å². The highest BCUT2D eigenvalue weighted by Gasteiger charge is 2.24. The van der Waals surface area contributed by atoms with Crippen molar-refractivity contribution in [2.24, 2.45) is 5.92 Å². The third kappa shape index (κ3) is 3.19. The lowest BCUT2D eigenvalue weighted by Gasteiger charge is -2.31. The summed E-state index contributed by atoms with van der Waals surface area (Å²) in [6.07, 6.45) is 4.21. The monoisotopic (exact) mass is 225 g/mol. The average molecular weight is 225 g/mol. The minimum Gasteiger partial charge on any atom is -0.353 e. The molecule has 2 aliphatic rings. The zero-order chi connectivity index (χ0) is 11.4. The van der Waals surface area contributed by atoms with Gasteiger partial charge in [0.2, 0.25) is 5.91 Å². The molecule has 2 aliphatic heterocycles. The van der Waals surface area contributed by atoms with Crippen LogP contribution in [-0.4, -0.2) is 50.1 Å². The van der Waals surface area contributed by atoms with Gasteiger partial charge in [-0.05, 0) is 58.9 Å². The van der Waals surface area contributed by atoms with Gasteiger partial charge in [-0.3, -0.25) is 4.79 Å². The van der Waals surface area contributed by atoms with Gasteiger partial charge < -0.3 is 15.5 Å². The molecule has 2 saturated heterocycles. The van der Waals surface area contributed by atoms with Crippen LogP contribution < -0.4 is 10.6 Å². The van der Waals surface area contributed by atoms with Gasteiger partial charge >= 0.3 is 0 Å². The van der Waals surface area contributed by atoms with Crippen LogP contribution in [0.2, 0.25) is 0 Å². The van der Waals surface area contributed by atoms with Crippen LogP contribution in [0, 0.1) is 5.92 Å². The maximum absolute atomic E-state index is 12.0. The molecule has 2 rings (SSSR count). The Labute approximate surface area is 97.8 Å². The molecule has 0 aromatic heterocycles. The summed E-state index contributed by atoms with van der Waals surface area (Å²) in [5, 5.41) is 6.51. The third-order valence-electron chi connectivity index (χ3n) is 3.77. The van der Waals surface area contributed by atoms with Gasteiger partial charge in [0.25, 0.3) is 0 Å². The van der Waals surface area contributed by atoms with E-state index in [1.54, 1.807) is 0 Å². The summed E-state index contributed by atoms with van der Waals surface area (Å²) in [5.74, 6) is 0.539. The Morgan fingerprint density at radius 1 is 1.19 bits per heavy atom. The Morgan fingerprint density at radius 3 is 2.44 bits per heavy atom. The molecular weight excluding hydrogens is 202 g/mol. The van der Waals surface area contributed by atoms with Crippen molar-refractivity contribution in [3.05, 3.63) is 0 Å². The van der Waals surface area contributed by atoms with Crippen molar-refractivity contribution >= 4 is 5.91 Å². The molecular formula is C12H23N3O. The van der Waals surface area contributed by atoms with Gasteiger partial charge in [-0.15, -0.1) is 0 Å². The van der Waals surface area contributed by atoms with Gasteiger partial charge in [0.15, 0.2) is 0 Å². The van der Waals surface area contributed by atoms with Crippen molar-refractivity contribution in [3.63, 3.8) is 0 Å². The summed E-state index contributed by atoms with van der Waals surface area (Å²) < 4.78 is 0. The Balaban J connectivity index is 1.73. The molecule has 1 amide bonds. The van der Waals surface area contributed by atoms with Crippen molar-refractivity contribution in [2.45, 2.75) is 31.7 Å². The Hall–Kier alpha value is -0.610. The van der Waals surface area contributed by atoms with Crippen LogP contribution in [0.15, 0.2) is 0 Å². The summed E-state index contributed by atoms with van der Waals surface area (Å²) in [6, 6.07) is 0.415. The van der Waals surface area contributed by atoms with Crippen molar-refractivity contribution in [1.29, 1.82) is 0 Å². The lowest BCUT2D eigenvalue weighted by Crippen LogP contribution is -2.46. The first-order chi connectivity index (χ1) is 7.75. The van der Waals surface area contributed by atoms with E-state index in [1.165, 1.54) is 0 Å². The lowest BCUT2D eigenvalue weighted by molar-refractivity contribution is -0.126. The zero-order valence-electron chi connectivity index (χ0n) is 10.2. The minimum absolute atomic E-state index is 0.251. The average Bonchev–Trinajstić information content (AvgIpc) is 2.33. The van der Waals surface area contributed by atoms with Crippen molar-refractivity contribution < 1.29 is 4.79 Å². The highest BCUT2D eigenvalue weighted by Crippen LogP contribution is 2.14.